The molecule has 1 aromatic carbocycles. The molecule has 0 saturated carbocycles. The van der Waals surface area contributed by atoms with E-state index in [1.807, 2.05) is 0 Å². The van der Waals surface area contributed by atoms with Crippen molar-refractivity contribution < 1.29 is 45.8 Å². The van der Waals surface area contributed by atoms with Crippen molar-refractivity contribution >= 4 is 23.4 Å². The van der Waals surface area contributed by atoms with Crippen LogP contribution in [0, 0.1) is 11.6 Å². The molecule has 2 N–H and O–H groups in total. The van der Waals surface area contributed by atoms with Crippen LogP contribution < -0.4 is 10.6 Å². The number of carbonyl (C=O) groups excluding carboxylic acids is 3. The fourth-order valence-electron chi connectivity index (χ4n) is 2.86. The van der Waals surface area contributed by atoms with Gasteiger partial charge in [-0.25, -0.2) is 18.4 Å². The van der Waals surface area contributed by atoms with Crippen LogP contribution in [-0.2, 0) is 23.9 Å². The number of halogens is 5. The van der Waals surface area contributed by atoms with Gasteiger partial charge < -0.3 is 20.1 Å². The van der Waals surface area contributed by atoms with Gasteiger partial charge in [-0.3, -0.25) is 4.79 Å². The zero-order valence-electron chi connectivity index (χ0n) is 18.3. The number of rotatable bonds is 11. The van der Waals surface area contributed by atoms with E-state index in [1.165, 1.54) is 13.8 Å². The molecule has 1 aromatic rings. The fourth-order valence-corrected chi connectivity index (χ4v) is 2.86. The molecule has 0 aliphatic carbocycles. The van der Waals surface area contributed by atoms with Gasteiger partial charge in [-0.15, -0.1) is 0 Å². The van der Waals surface area contributed by atoms with E-state index in [-0.39, 0.29) is 18.8 Å². The zero-order valence-corrected chi connectivity index (χ0v) is 18.3. The van der Waals surface area contributed by atoms with E-state index >= 15 is 0 Å². The van der Waals surface area contributed by atoms with Crippen molar-refractivity contribution in [1.29, 1.82) is 0 Å². The van der Waals surface area contributed by atoms with E-state index in [0.717, 1.165) is 31.2 Å². The Labute approximate surface area is 187 Å². The van der Waals surface area contributed by atoms with Crippen molar-refractivity contribution in [3.05, 3.63) is 41.5 Å². The largest absolute Gasteiger partial charge is 0.464 e. The maximum absolute atomic E-state index is 14.4. The highest BCUT2D eigenvalue weighted by atomic mass is 19.4. The van der Waals surface area contributed by atoms with Gasteiger partial charge in [0.25, 0.3) is 0 Å². The van der Waals surface area contributed by atoms with Gasteiger partial charge >= 0.3 is 18.1 Å². The number of ether oxygens (including phenoxy) is 2. The number of hydrogen-bond acceptors (Lipinski definition) is 6. The number of benzene rings is 1. The molecule has 7 nitrogen and oxygen atoms in total. The van der Waals surface area contributed by atoms with E-state index in [1.54, 1.807) is 0 Å². The average molecular weight is 480 g/mol. The summed E-state index contributed by atoms with van der Waals surface area (Å²) in [5.41, 5.74) is -2.98. The van der Waals surface area contributed by atoms with Crippen LogP contribution in [0.25, 0.3) is 5.57 Å². The van der Waals surface area contributed by atoms with Gasteiger partial charge in [0.05, 0.1) is 19.8 Å². The molecule has 12 heteroatoms. The van der Waals surface area contributed by atoms with Crippen molar-refractivity contribution in [1.82, 2.24) is 10.6 Å². The zero-order chi connectivity index (χ0) is 25.2. The molecule has 0 atom stereocenters. The SMILES string of the molecule is CCOC(=O)C(CC=C(CNCC(F)(F)F)c1cccc(F)c1F)(NC(C)=O)C(=O)OCC. The van der Waals surface area contributed by atoms with E-state index in [2.05, 4.69) is 10.6 Å². The summed E-state index contributed by atoms with van der Waals surface area (Å²) in [5.74, 6) is -5.76. The molecule has 33 heavy (non-hydrogen) atoms. The summed E-state index contributed by atoms with van der Waals surface area (Å²) in [7, 11) is 0. The molecule has 184 valence electrons. The summed E-state index contributed by atoms with van der Waals surface area (Å²) in [4.78, 5) is 37.1. The molecule has 0 aliphatic heterocycles. The van der Waals surface area contributed by atoms with Crippen LogP contribution in [0.4, 0.5) is 22.0 Å². The molecule has 0 fully saturated rings. The van der Waals surface area contributed by atoms with Crippen LogP contribution in [-0.4, -0.2) is 55.9 Å². The Balaban J connectivity index is 3.52. The van der Waals surface area contributed by atoms with Gasteiger partial charge in [0.1, 0.15) is 0 Å². The smallest absolute Gasteiger partial charge is 0.401 e. The molecule has 0 unspecified atom stereocenters. The highest BCUT2D eigenvalue weighted by molar-refractivity contribution is 6.08. The lowest BCUT2D eigenvalue weighted by Gasteiger charge is -2.29. The van der Waals surface area contributed by atoms with Crippen LogP contribution in [0.15, 0.2) is 24.3 Å². The maximum atomic E-state index is 14.4. The lowest BCUT2D eigenvalue weighted by Crippen LogP contribution is -2.60. The van der Waals surface area contributed by atoms with E-state index in [0.29, 0.717) is 0 Å². The maximum Gasteiger partial charge on any atom is 0.401 e. The van der Waals surface area contributed by atoms with Gasteiger partial charge in [-0.1, -0.05) is 18.2 Å². The summed E-state index contributed by atoms with van der Waals surface area (Å²) in [6, 6.07) is 3.08. The van der Waals surface area contributed by atoms with Crippen LogP contribution in [0.1, 0.15) is 32.8 Å². The molecule has 1 rings (SSSR count). The lowest BCUT2D eigenvalue weighted by atomic mass is 9.91. The number of alkyl halides is 3. The first-order valence-corrected chi connectivity index (χ1v) is 9.92. The molecule has 0 bridgehead atoms. The van der Waals surface area contributed by atoms with Crippen molar-refractivity contribution in [3.63, 3.8) is 0 Å². The van der Waals surface area contributed by atoms with E-state index < -0.39 is 66.3 Å². The highest BCUT2D eigenvalue weighted by Crippen LogP contribution is 2.25. The summed E-state index contributed by atoms with van der Waals surface area (Å²) < 4.78 is 75.6. The third-order valence-electron chi connectivity index (χ3n) is 4.23. The van der Waals surface area contributed by atoms with Gasteiger partial charge in [0.15, 0.2) is 11.6 Å². The standard InChI is InChI=1S/C21H25F5N2O5/c1-4-32-18(30)20(28-13(3)29,19(31)33-5-2)10-9-14(11-27-12-21(24,25)26)15-7-6-8-16(22)17(15)23/h6-9,27H,4-5,10-12H2,1-3H3,(H,28,29). The number of amides is 1. The van der Waals surface area contributed by atoms with Gasteiger partial charge in [0.2, 0.25) is 11.4 Å². The molecule has 0 aromatic heterocycles. The second-order valence-corrected chi connectivity index (χ2v) is 6.78. The first kappa shape index (κ1) is 28.0. The molecule has 0 aliphatic rings. The highest BCUT2D eigenvalue weighted by Gasteiger charge is 2.49. The quantitative estimate of drug-likeness (QED) is 0.288. The lowest BCUT2D eigenvalue weighted by molar-refractivity contribution is -0.167. The van der Waals surface area contributed by atoms with Crippen LogP contribution in [0.5, 0.6) is 0 Å². The summed E-state index contributed by atoms with van der Waals surface area (Å²) >= 11 is 0. The van der Waals surface area contributed by atoms with Gasteiger partial charge in [-0.2, -0.15) is 13.2 Å². The van der Waals surface area contributed by atoms with Crippen molar-refractivity contribution in [2.24, 2.45) is 0 Å². The molecule has 0 heterocycles. The van der Waals surface area contributed by atoms with E-state index in [4.69, 9.17) is 9.47 Å². The summed E-state index contributed by atoms with van der Waals surface area (Å²) in [6.07, 6.45) is -4.20. The Morgan fingerprint density at radius 1 is 1.03 bits per heavy atom. The van der Waals surface area contributed by atoms with Crippen molar-refractivity contribution in [2.45, 2.75) is 38.9 Å². The number of hydrogen-bond donors (Lipinski definition) is 2. The second kappa shape index (κ2) is 12.3. The predicted octanol–water partition coefficient (Wildman–Crippen LogP) is 2.89. The predicted molar refractivity (Wildman–Crippen MR) is 108 cm³/mol. The molecular formula is C21H25F5N2O5. The summed E-state index contributed by atoms with van der Waals surface area (Å²) in [5, 5.41) is 4.23. The topological polar surface area (TPSA) is 93.7 Å². The summed E-state index contributed by atoms with van der Waals surface area (Å²) in [6.45, 7) is 1.56. The first-order valence-electron chi connectivity index (χ1n) is 9.92. The van der Waals surface area contributed by atoms with Crippen LogP contribution in [0.2, 0.25) is 0 Å². The van der Waals surface area contributed by atoms with E-state index in [9.17, 15) is 36.3 Å². The minimum atomic E-state index is -4.58. The number of carbonyl (C=O) groups is 3. The van der Waals surface area contributed by atoms with Crippen LogP contribution in [0.3, 0.4) is 0 Å². The van der Waals surface area contributed by atoms with Gasteiger partial charge in [-0.05, 0) is 25.5 Å². The minimum absolute atomic E-state index is 0.165. The Kier molecular flexibility index (Phi) is 10.4. The molecule has 0 spiro atoms. The molecular weight excluding hydrogens is 455 g/mol. The monoisotopic (exact) mass is 480 g/mol. The van der Waals surface area contributed by atoms with Crippen molar-refractivity contribution in [3.8, 4) is 0 Å². The second-order valence-electron chi connectivity index (χ2n) is 6.78. The normalized spacial score (nSPS) is 12.3. The third-order valence-corrected chi connectivity index (χ3v) is 4.23. The average Bonchev–Trinajstić information content (AvgIpc) is 2.71. The first-order chi connectivity index (χ1) is 15.4. The molecule has 0 saturated heterocycles. The Morgan fingerprint density at radius 3 is 2.09 bits per heavy atom. The van der Waals surface area contributed by atoms with Crippen molar-refractivity contribution in [2.75, 3.05) is 26.3 Å². The molecule has 0 radical (unpaired) electrons. The van der Waals surface area contributed by atoms with Crippen LogP contribution >= 0.6 is 0 Å². The fraction of sp³-hybridized carbons (Fsp3) is 0.476. The van der Waals surface area contributed by atoms with Gasteiger partial charge in [0, 0.05) is 25.5 Å². The Bertz CT molecular complexity index is 868. The minimum Gasteiger partial charge on any atom is -0.464 e. The number of nitrogens with one attached hydrogen (secondary N) is 2. The third kappa shape index (κ3) is 8.12. The Hall–Kier alpha value is -3.02. The molecule has 1 amide bonds. The Morgan fingerprint density at radius 2 is 1.61 bits per heavy atom. The number of esters is 2.